The van der Waals surface area contributed by atoms with Gasteiger partial charge >= 0.3 is 0 Å². The van der Waals surface area contributed by atoms with Crippen LogP contribution in [-0.2, 0) is 0 Å². The summed E-state index contributed by atoms with van der Waals surface area (Å²) in [4.78, 5) is 28.5. The number of anilines is 2. The Morgan fingerprint density at radius 2 is 1.64 bits per heavy atom. The lowest BCUT2D eigenvalue weighted by atomic mass is 10.2. The molecule has 0 aliphatic heterocycles. The monoisotopic (exact) mass is 371 g/mol. The smallest absolute Gasteiger partial charge is 0.275 e. The third-order valence-corrected chi connectivity index (χ3v) is 4.38. The summed E-state index contributed by atoms with van der Waals surface area (Å²) in [6, 6.07) is 14.0. The summed E-state index contributed by atoms with van der Waals surface area (Å²) in [6.45, 7) is 1.97. The van der Waals surface area contributed by atoms with Gasteiger partial charge in [-0.1, -0.05) is 29.3 Å². The summed E-state index contributed by atoms with van der Waals surface area (Å²) >= 11 is 6.99. The predicted octanol–water partition coefficient (Wildman–Crippen LogP) is 4.61. The van der Waals surface area contributed by atoms with Gasteiger partial charge in [-0.25, -0.2) is 4.98 Å². The second-order valence-electron chi connectivity index (χ2n) is 5.32. The van der Waals surface area contributed by atoms with Crippen LogP contribution >= 0.6 is 22.9 Å². The van der Waals surface area contributed by atoms with E-state index in [-0.39, 0.29) is 17.5 Å². The summed E-state index contributed by atoms with van der Waals surface area (Å²) in [6.07, 6.45) is 0. The normalized spacial score (nSPS) is 10.3. The number of nitrogens with one attached hydrogen (secondary N) is 2. The third kappa shape index (κ3) is 4.43. The van der Waals surface area contributed by atoms with E-state index in [1.165, 1.54) is 11.3 Å². The Morgan fingerprint density at radius 3 is 2.32 bits per heavy atom. The number of halogens is 1. The molecule has 0 unspecified atom stereocenters. The lowest BCUT2D eigenvalue weighted by Crippen LogP contribution is -2.14. The van der Waals surface area contributed by atoms with Gasteiger partial charge in [0.15, 0.2) is 5.13 Å². The van der Waals surface area contributed by atoms with Gasteiger partial charge in [0, 0.05) is 21.7 Å². The zero-order chi connectivity index (χ0) is 17.8. The first-order valence-electron chi connectivity index (χ1n) is 7.42. The molecule has 1 aromatic heterocycles. The minimum Gasteiger partial charge on any atom is -0.321 e. The van der Waals surface area contributed by atoms with Gasteiger partial charge in [0.1, 0.15) is 5.69 Å². The molecule has 2 aromatic carbocycles. The number of carbonyl (C=O) groups is 2. The highest BCUT2D eigenvalue weighted by Gasteiger charge is 2.13. The number of hydrogen-bond acceptors (Lipinski definition) is 4. The lowest BCUT2D eigenvalue weighted by molar-refractivity contribution is 0.101. The first-order chi connectivity index (χ1) is 12.0. The van der Waals surface area contributed by atoms with Crippen LogP contribution in [-0.4, -0.2) is 16.8 Å². The van der Waals surface area contributed by atoms with Crippen LogP contribution in [0.25, 0.3) is 0 Å². The fraction of sp³-hybridized carbons (Fsp3) is 0.0556. The van der Waals surface area contributed by atoms with Crippen molar-refractivity contribution in [3.63, 3.8) is 0 Å². The average molecular weight is 372 g/mol. The minimum absolute atomic E-state index is 0.247. The SMILES string of the molecule is Cc1ccc(NC(=O)c2csc(NC(=O)c3ccc(Cl)cc3)n2)cc1. The molecule has 3 aromatic rings. The molecule has 0 radical (unpaired) electrons. The molecule has 1 heterocycles. The van der Waals surface area contributed by atoms with Gasteiger partial charge in [0.25, 0.3) is 11.8 Å². The number of thiazole rings is 1. The molecule has 0 atom stereocenters. The molecule has 0 aliphatic carbocycles. The van der Waals surface area contributed by atoms with Gasteiger partial charge in [-0.2, -0.15) is 0 Å². The molecular weight excluding hydrogens is 358 g/mol. The van der Waals surface area contributed by atoms with E-state index in [0.717, 1.165) is 5.56 Å². The number of rotatable bonds is 4. The van der Waals surface area contributed by atoms with Crippen molar-refractivity contribution in [1.82, 2.24) is 4.98 Å². The molecule has 0 spiro atoms. The van der Waals surface area contributed by atoms with Crippen LogP contribution in [0.15, 0.2) is 53.9 Å². The maximum Gasteiger partial charge on any atom is 0.275 e. The van der Waals surface area contributed by atoms with E-state index < -0.39 is 0 Å². The van der Waals surface area contributed by atoms with Crippen molar-refractivity contribution in [1.29, 1.82) is 0 Å². The van der Waals surface area contributed by atoms with E-state index in [4.69, 9.17) is 11.6 Å². The number of amides is 2. The van der Waals surface area contributed by atoms with E-state index in [2.05, 4.69) is 15.6 Å². The molecule has 25 heavy (non-hydrogen) atoms. The maximum atomic E-state index is 12.2. The summed E-state index contributed by atoms with van der Waals surface area (Å²) in [5.41, 5.74) is 2.51. The number of aryl methyl sites for hydroxylation is 1. The van der Waals surface area contributed by atoms with Gasteiger partial charge in [0.05, 0.1) is 0 Å². The molecule has 0 saturated heterocycles. The molecule has 2 N–H and O–H groups in total. The number of nitrogens with zero attached hydrogens (tertiary/aromatic N) is 1. The van der Waals surface area contributed by atoms with Gasteiger partial charge < -0.3 is 5.32 Å². The average Bonchev–Trinajstić information content (AvgIpc) is 3.06. The molecule has 0 aliphatic rings. The van der Waals surface area contributed by atoms with Gasteiger partial charge in [-0.3, -0.25) is 14.9 Å². The Morgan fingerprint density at radius 1 is 0.960 bits per heavy atom. The summed E-state index contributed by atoms with van der Waals surface area (Å²) in [5.74, 6) is -0.636. The van der Waals surface area contributed by atoms with Crippen molar-refractivity contribution in [3.8, 4) is 0 Å². The first kappa shape index (κ1) is 17.1. The molecule has 126 valence electrons. The minimum atomic E-state index is -0.327. The zero-order valence-corrected chi connectivity index (χ0v) is 14.8. The second kappa shape index (κ2) is 7.46. The fourth-order valence-electron chi connectivity index (χ4n) is 2.04. The van der Waals surface area contributed by atoms with E-state index in [0.29, 0.717) is 21.4 Å². The number of aromatic nitrogens is 1. The third-order valence-electron chi connectivity index (χ3n) is 3.37. The van der Waals surface area contributed by atoms with Gasteiger partial charge in [0.2, 0.25) is 0 Å². The lowest BCUT2D eigenvalue weighted by Gasteiger charge is -2.03. The quantitative estimate of drug-likeness (QED) is 0.703. The highest BCUT2D eigenvalue weighted by Crippen LogP contribution is 2.19. The van der Waals surface area contributed by atoms with E-state index >= 15 is 0 Å². The number of carbonyl (C=O) groups excluding carboxylic acids is 2. The van der Waals surface area contributed by atoms with E-state index in [1.54, 1.807) is 29.6 Å². The molecule has 0 fully saturated rings. The van der Waals surface area contributed by atoms with Crippen LogP contribution in [0.3, 0.4) is 0 Å². The van der Waals surface area contributed by atoms with Gasteiger partial charge in [-0.15, -0.1) is 11.3 Å². The van der Waals surface area contributed by atoms with E-state index in [9.17, 15) is 9.59 Å². The summed E-state index contributed by atoms with van der Waals surface area (Å²) in [5, 5.41) is 7.95. The number of hydrogen-bond donors (Lipinski definition) is 2. The zero-order valence-electron chi connectivity index (χ0n) is 13.2. The van der Waals surface area contributed by atoms with E-state index in [1.807, 2.05) is 31.2 Å². The van der Waals surface area contributed by atoms with Crippen LogP contribution in [0.2, 0.25) is 5.02 Å². The Labute approximate surface area is 153 Å². The Balaban J connectivity index is 1.65. The van der Waals surface area contributed by atoms with Crippen molar-refractivity contribution in [2.75, 3.05) is 10.6 Å². The summed E-state index contributed by atoms with van der Waals surface area (Å²) in [7, 11) is 0. The maximum absolute atomic E-state index is 12.2. The van der Waals surface area contributed by atoms with Crippen LogP contribution in [0, 0.1) is 6.92 Å². The predicted molar refractivity (Wildman–Crippen MR) is 101 cm³/mol. The molecule has 0 bridgehead atoms. The standard InChI is InChI=1S/C18H14ClN3O2S/c1-11-2-8-14(9-3-11)20-17(24)15-10-25-18(21-15)22-16(23)12-4-6-13(19)7-5-12/h2-10H,1H3,(H,20,24)(H,21,22,23). The molecule has 0 saturated carbocycles. The largest absolute Gasteiger partial charge is 0.321 e. The molecule has 3 rings (SSSR count). The fourth-order valence-corrected chi connectivity index (χ4v) is 2.85. The van der Waals surface area contributed by atoms with Crippen LogP contribution < -0.4 is 10.6 Å². The van der Waals surface area contributed by atoms with Crippen molar-refractivity contribution < 1.29 is 9.59 Å². The Hall–Kier alpha value is -2.70. The molecule has 7 heteroatoms. The Bertz CT molecular complexity index is 905. The Kier molecular flexibility index (Phi) is 5.11. The van der Waals surface area contributed by atoms with Crippen LogP contribution in [0.1, 0.15) is 26.4 Å². The molecule has 2 amide bonds. The van der Waals surface area contributed by atoms with Gasteiger partial charge in [-0.05, 0) is 43.3 Å². The topological polar surface area (TPSA) is 71.1 Å². The summed E-state index contributed by atoms with van der Waals surface area (Å²) < 4.78 is 0. The molecular formula is C18H14ClN3O2S. The molecule has 5 nitrogen and oxygen atoms in total. The van der Waals surface area contributed by atoms with Crippen molar-refractivity contribution >= 4 is 45.6 Å². The van der Waals surface area contributed by atoms with Crippen molar-refractivity contribution in [2.24, 2.45) is 0 Å². The first-order valence-corrected chi connectivity index (χ1v) is 8.67. The van der Waals surface area contributed by atoms with Crippen molar-refractivity contribution in [2.45, 2.75) is 6.92 Å². The highest BCUT2D eigenvalue weighted by molar-refractivity contribution is 7.14. The van der Waals surface area contributed by atoms with Crippen LogP contribution in [0.4, 0.5) is 10.8 Å². The highest BCUT2D eigenvalue weighted by atomic mass is 35.5. The number of benzene rings is 2. The second-order valence-corrected chi connectivity index (χ2v) is 6.61. The van der Waals surface area contributed by atoms with Crippen LogP contribution in [0.5, 0.6) is 0 Å². The van der Waals surface area contributed by atoms with Crippen molar-refractivity contribution in [3.05, 3.63) is 75.8 Å².